The van der Waals surface area contributed by atoms with Gasteiger partial charge in [0.05, 0.1) is 12.6 Å². The Bertz CT molecular complexity index is 444. The van der Waals surface area contributed by atoms with E-state index in [9.17, 15) is 4.79 Å². The summed E-state index contributed by atoms with van der Waals surface area (Å²) in [7, 11) is 0. The molecule has 0 radical (unpaired) electrons. The van der Waals surface area contributed by atoms with Crippen LogP contribution in [0.2, 0.25) is 0 Å². The summed E-state index contributed by atoms with van der Waals surface area (Å²) < 4.78 is 2.17. The second-order valence-corrected chi connectivity index (χ2v) is 4.72. The van der Waals surface area contributed by atoms with E-state index in [0.717, 1.165) is 37.7 Å². The van der Waals surface area contributed by atoms with E-state index >= 15 is 0 Å². The number of halogens is 2. The number of amides is 1. The lowest BCUT2D eigenvalue weighted by molar-refractivity contribution is -0.130. The molecule has 3 heterocycles. The molecular weight excluding hydrogens is 289 g/mol. The largest absolute Gasteiger partial charge is 0.334 e. The Morgan fingerprint density at radius 1 is 1.32 bits per heavy atom. The van der Waals surface area contributed by atoms with Crippen LogP contribution in [0.4, 0.5) is 0 Å². The van der Waals surface area contributed by atoms with E-state index in [1.54, 1.807) is 6.92 Å². The molecule has 6 nitrogen and oxygen atoms in total. The number of rotatable bonds is 1. The van der Waals surface area contributed by atoms with Crippen molar-refractivity contribution in [3.05, 3.63) is 11.6 Å². The number of hydrogen-bond donors (Lipinski definition) is 1. The molecule has 1 amide bonds. The fourth-order valence-corrected chi connectivity index (χ4v) is 2.61. The Balaban J connectivity index is 0.000000902. The summed E-state index contributed by atoms with van der Waals surface area (Å²) in [6, 6.07) is 0.347. The molecule has 3 rings (SSSR count). The van der Waals surface area contributed by atoms with Crippen molar-refractivity contribution in [1.29, 1.82) is 0 Å². The lowest BCUT2D eigenvalue weighted by Crippen LogP contribution is -2.37. The van der Waals surface area contributed by atoms with Crippen LogP contribution in [0.25, 0.3) is 0 Å². The second-order valence-electron chi connectivity index (χ2n) is 4.72. The SMILES string of the molecule is CC(=O)N1CCn2c(nnc2C2CCCN2)C1.Cl.Cl. The van der Waals surface area contributed by atoms with Gasteiger partial charge in [0.15, 0.2) is 5.82 Å². The van der Waals surface area contributed by atoms with E-state index in [1.807, 2.05) is 4.90 Å². The minimum atomic E-state index is 0. The molecule has 2 aliphatic rings. The van der Waals surface area contributed by atoms with Gasteiger partial charge in [-0.15, -0.1) is 35.0 Å². The molecule has 1 N–H and O–H groups in total. The highest BCUT2D eigenvalue weighted by Gasteiger charge is 2.27. The predicted molar refractivity (Wildman–Crippen MR) is 75.6 cm³/mol. The van der Waals surface area contributed by atoms with Gasteiger partial charge in [-0.05, 0) is 19.4 Å². The van der Waals surface area contributed by atoms with Crippen molar-refractivity contribution in [2.45, 2.75) is 38.9 Å². The third-order valence-electron chi connectivity index (χ3n) is 3.60. The number of aromatic nitrogens is 3. The Kier molecular flexibility index (Phi) is 5.58. The first-order chi connectivity index (χ1) is 8.25. The smallest absolute Gasteiger partial charge is 0.219 e. The Labute approximate surface area is 124 Å². The fraction of sp³-hybridized carbons (Fsp3) is 0.727. The molecule has 1 aromatic rings. The van der Waals surface area contributed by atoms with Crippen LogP contribution >= 0.6 is 24.8 Å². The van der Waals surface area contributed by atoms with Crippen LogP contribution in [0.1, 0.15) is 37.5 Å². The normalized spacial score (nSPS) is 21.3. The third-order valence-corrected chi connectivity index (χ3v) is 3.60. The number of nitrogens with one attached hydrogen (secondary N) is 1. The molecule has 8 heteroatoms. The summed E-state index contributed by atoms with van der Waals surface area (Å²) in [6.07, 6.45) is 2.33. The van der Waals surface area contributed by atoms with Crippen molar-refractivity contribution in [2.75, 3.05) is 13.1 Å². The van der Waals surface area contributed by atoms with Gasteiger partial charge in [-0.25, -0.2) is 0 Å². The maximum absolute atomic E-state index is 11.3. The third kappa shape index (κ3) is 3.01. The maximum atomic E-state index is 11.3. The number of carbonyl (C=O) groups excluding carboxylic acids is 1. The molecule has 2 aliphatic heterocycles. The van der Waals surface area contributed by atoms with Gasteiger partial charge in [0, 0.05) is 20.0 Å². The van der Waals surface area contributed by atoms with Gasteiger partial charge in [-0.2, -0.15) is 0 Å². The van der Waals surface area contributed by atoms with Gasteiger partial charge >= 0.3 is 0 Å². The summed E-state index contributed by atoms with van der Waals surface area (Å²) in [6.45, 7) is 4.84. The number of hydrogen-bond acceptors (Lipinski definition) is 4. The standard InChI is InChI=1S/C11H17N5O.2ClH/c1-8(17)15-5-6-16-10(7-15)13-14-11(16)9-3-2-4-12-9;;/h9,12H,2-7H2,1H3;2*1H. The fourth-order valence-electron chi connectivity index (χ4n) is 2.61. The van der Waals surface area contributed by atoms with E-state index < -0.39 is 0 Å². The molecule has 1 unspecified atom stereocenters. The average molecular weight is 308 g/mol. The van der Waals surface area contributed by atoms with Gasteiger partial charge in [0.1, 0.15) is 5.82 Å². The van der Waals surface area contributed by atoms with Crippen molar-refractivity contribution in [1.82, 2.24) is 25.0 Å². The van der Waals surface area contributed by atoms with E-state index in [-0.39, 0.29) is 30.7 Å². The summed E-state index contributed by atoms with van der Waals surface area (Å²) >= 11 is 0. The first-order valence-corrected chi connectivity index (χ1v) is 6.16. The van der Waals surface area contributed by atoms with Crippen LogP contribution in [0.15, 0.2) is 0 Å². The summed E-state index contributed by atoms with van der Waals surface area (Å²) in [4.78, 5) is 13.1. The van der Waals surface area contributed by atoms with Crippen LogP contribution in [0.5, 0.6) is 0 Å². The van der Waals surface area contributed by atoms with Crippen molar-refractivity contribution in [3.8, 4) is 0 Å². The van der Waals surface area contributed by atoms with Crippen molar-refractivity contribution in [2.24, 2.45) is 0 Å². The molecule has 1 aromatic heterocycles. The predicted octanol–water partition coefficient (Wildman–Crippen LogP) is 0.908. The average Bonchev–Trinajstić information content (AvgIpc) is 2.96. The van der Waals surface area contributed by atoms with Crippen molar-refractivity contribution >= 4 is 30.7 Å². The summed E-state index contributed by atoms with van der Waals surface area (Å²) in [5.74, 6) is 2.07. The first kappa shape index (κ1) is 16.2. The van der Waals surface area contributed by atoms with E-state index in [1.165, 1.54) is 6.42 Å². The number of nitrogens with zero attached hydrogens (tertiary/aromatic N) is 4. The van der Waals surface area contributed by atoms with E-state index in [0.29, 0.717) is 12.6 Å². The topological polar surface area (TPSA) is 63.1 Å². The highest BCUT2D eigenvalue weighted by Crippen LogP contribution is 2.23. The molecule has 0 aromatic carbocycles. The number of carbonyl (C=O) groups is 1. The molecule has 1 atom stereocenters. The second kappa shape index (κ2) is 6.54. The van der Waals surface area contributed by atoms with Gasteiger partial charge in [0.25, 0.3) is 0 Å². The Hall–Kier alpha value is -0.850. The lowest BCUT2D eigenvalue weighted by Gasteiger charge is -2.27. The maximum Gasteiger partial charge on any atom is 0.219 e. The van der Waals surface area contributed by atoms with E-state index in [4.69, 9.17) is 0 Å². The Morgan fingerprint density at radius 3 is 2.74 bits per heavy atom. The molecule has 19 heavy (non-hydrogen) atoms. The van der Waals surface area contributed by atoms with Crippen molar-refractivity contribution < 1.29 is 4.79 Å². The highest BCUT2D eigenvalue weighted by molar-refractivity contribution is 5.85. The van der Waals surface area contributed by atoms with Crippen molar-refractivity contribution in [3.63, 3.8) is 0 Å². The molecule has 1 saturated heterocycles. The van der Waals surface area contributed by atoms with Gasteiger partial charge in [-0.1, -0.05) is 0 Å². The molecular formula is C11H19Cl2N5O. The highest BCUT2D eigenvalue weighted by atomic mass is 35.5. The van der Waals surface area contributed by atoms with Crippen LogP contribution in [-0.4, -0.2) is 38.7 Å². The number of fused-ring (bicyclic) bond motifs is 1. The summed E-state index contributed by atoms with van der Waals surface area (Å²) in [5, 5.41) is 11.9. The van der Waals surface area contributed by atoms with Gasteiger partial charge in [0.2, 0.25) is 5.91 Å². The molecule has 0 spiro atoms. The zero-order chi connectivity index (χ0) is 11.8. The Morgan fingerprint density at radius 2 is 2.11 bits per heavy atom. The minimum absolute atomic E-state index is 0. The van der Waals surface area contributed by atoms with Crippen LogP contribution in [-0.2, 0) is 17.9 Å². The van der Waals surface area contributed by atoms with Gasteiger partial charge in [-0.3, -0.25) is 4.79 Å². The quantitative estimate of drug-likeness (QED) is 0.837. The van der Waals surface area contributed by atoms with Crippen LogP contribution in [0, 0.1) is 0 Å². The zero-order valence-corrected chi connectivity index (χ0v) is 12.5. The molecule has 0 aliphatic carbocycles. The lowest BCUT2D eigenvalue weighted by atomic mass is 10.2. The first-order valence-electron chi connectivity index (χ1n) is 6.16. The summed E-state index contributed by atoms with van der Waals surface area (Å²) in [5.41, 5.74) is 0. The molecule has 0 bridgehead atoms. The molecule has 108 valence electrons. The monoisotopic (exact) mass is 307 g/mol. The molecule has 1 fully saturated rings. The van der Waals surface area contributed by atoms with E-state index in [2.05, 4.69) is 20.1 Å². The van der Waals surface area contributed by atoms with Crippen LogP contribution < -0.4 is 5.32 Å². The molecule has 0 saturated carbocycles. The zero-order valence-electron chi connectivity index (χ0n) is 10.8. The van der Waals surface area contributed by atoms with Crippen LogP contribution in [0.3, 0.4) is 0 Å². The minimum Gasteiger partial charge on any atom is -0.334 e. The van der Waals surface area contributed by atoms with Gasteiger partial charge < -0.3 is 14.8 Å².